The number of nitrogens with zero attached hydrogens (tertiary/aromatic N) is 1. The minimum atomic E-state index is -0.578. The number of urea groups is 1. The molecule has 150 valence electrons. The zero-order chi connectivity index (χ0) is 19.8. The van der Waals surface area contributed by atoms with E-state index in [9.17, 15) is 9.59 Å². The van der Waals surface area contributed by atoms with Gasteiger partial charge in [-0.25, -0.2) is 4.79 Å². The second kappa shape index (κ2) is 7.43. The van der Waals surface area contributed by atoms with E-state index >= 15 is 0 Å². The maximum absolute atomic E-state index is 13.6. The highest BCUT2D eigenvalue weighted by atomic mass is 16.3. The summed E-state index contributed by atoms with van der Waals surface area (Å²) in [7, 11) is 0. The van der Waals surface area contributed by atoms with Gasteiger partial charge >= 0.3 is 6.03 Å². The Hall–Kier alpha value is -3.02. The summed E-state index contributed by atoms with van der Waals surface area (Å²) in [5.74, 6) is 0.680. The molecule has 1 aromatic heterocycles. The highest BCUT2D eigenvalue weighted by molar-refractivity contribution is 6.05. The molecule has 1 atom stereocenters. The Morgan fingerprint density at radius 2 is 1.90 bits per heavy atom. The number of Topliss-reactive ketones (excluding diaryl/α,β-unsaturated/α-hetero) is 1. The van der Waals surface area contributed by atoms with Gasteiger partial charge < -0.3 is 15.1 Å². The number of fused-ring (bicyclic) bond motifs is 1. The molecule has 0 radical (unpaired) electrons. The lowest BCUT2D eigenvalue weighted by Crippen LogP contribution is -2.47. The fraction of sp³-hybridized carbons (Fsp3) is 0.391. The van der Waals surface area contributed by atoms with Crippen molar-refractivity contribution in [3.8, 4) is 0 Å². The van der Waals surface area contributed by atoms with E-state index in [-0.39, 0.29) is 17.9 Å². The first kappa shape index (κ1) is 18.0. The van der Waals surface area contributed by atoms with Crippen molar-refractivity contribution < 1.29 is 14.0 Å². The van der Waals surface area contributed by atoms with Gasteiger partial charge in [-0.05, 0) is 49.9 Å². The number of carbonyl (C=O) groups excluding carboxylic acids is 2. The van der Waals surface area contributed by atoms with E-state index in [0.29, 0.717) is 17.8 Å². The van der Waals surface area contributed by atoms with Crippen LogP contribution in [0.15, 0.2) is 58.3 Å². The van der Waals surface area contributed by atoms with Gasteiger partial charge in [0, 0.05) is 23.7 Å². The molecule has 5 rings (SSSR count). The van der Waals surface area contributed by atoms with Crippen LogP contribution in [0.3, 0.4) is 0 Å². The van der Waals surface area contributed by atoms with E-state index < -0.39 is 6.04 Å². The number of hydrogen-bond donors (Lipinski definition) is 2. The monoisotopic (exact) mass is 391 g/mol. The van der Waals surface area contributed by atoms with Crippen molar-refractivity contribution in [1.29, 1.82) is 0 Å². The molecule has 2 aromatic rings. The van der Waals surface area contributed by atoms with Crippen LogP contribution in [0.5, 0.6) is 0 Å². The molecule has 2 amide bonds. The maximum Gasteiger partial charge on any atom is 0.323 e. The van der Waals surface area contributed by atoms with Crippen LogP contribution in [-0.4, -0.2) is 17.9 Å². The average molecular weight is 391 g/mol. The summed E-state index contributed by atoms with van der Waals surface area (Å²) in [4.78, 5) is 28.3. The van der Waals surface area contributed by atoms with Crippen LogP contribution in [0.4, 0.5) is 16.2 Å². The van der Waals surface area contributed by atoms with Crippen LogP contribution in [0.1, 0.15) is 56.7 Å². The van der Waals surface area contributed by atoms with Crippen LogP contribution in [0, 0.1) is 0 Å². The van der Waals surface area contributed by atoms with Crippen LogP contribution in [-0.2, 0) is 4.79 Å². The number of rotatable bonds is 2. The summed E-state index contributed by atoms with van der Waals surface area (Å²) >= 11 is 0. The zero-order valence-corrected chi connectivity index (χ0v) is 16.3. The lowest BCUT2D eigenvalue weighted by Gasteiger charge is -2.33. The molecule has 1 saturated carbocycles. The smallest absolute Gasteiger partial charge is 0.323 e. The highest BCUT2D eigenvalue weighted by Gasteiger charge is 2.41. The molecule has 0 bridgehead atoms. The Morgan fingerprint density at radius 3 is 2.69 bits per heavy atom. The first-order valence-electron chi connectivity index (χ1n) is 10.5. The first-order chi connectivity index (χ1) is 14.2. The summed E-state index contributed by atoms with van der Waals surface area (Å²) in [6.07, 6.45) is 7.95. The third-order valence-electron chi connectivity index (χ3n) is 6.15. The average Bonchev–Trinajstić information content (AvgIpc) is 3.40. The minimum absolute atomic E-state index is 0.0756. The van der Waals surface area contributed by atoms with Crippen LogP contribution in [0.25, 0.3) is 0 Å². The molecule has 2 heterocycles. The molecule has 2 aliphatic carbocycles. The van der Waals surface area contributed by atoms with Gasteiger partial charge in [0.25, 0.3) is 0 Å². The summed E-state index contributed by atoms with van der Waals surface area (Å²) < 4.78 is 5.76. The first-order valence-corrected chi connectivity index (χ1v) is 10.5. The molecule has 1 fully saturated rings. The molecule has 0 spiro atoms. The van der Waals surface area contributed by atoms with Gasteiger partial charge in [0.15, 0.2) is 5.78 Å². The number of anilines is 2. The number of furan rings is 1. The van der Waals surface area contributed by atoms with E-state index in [4.69, 9.17) is 4.42 Å². The minimum Gasteiger partial charge on any atom is -0.467 e. The lowest BCUT2D eigenvalue weighted by molar-refractivity contribution is -0.116. The fourth-order valence-electron chi connectivity index (χ4n) is 4.79. The van der Waals surface area contributed by atoms with Gasteiger partial charge in [-0.15, -0.1) is 0 Å². The van der Waals surface area contributed by atoms with Crippen LogP contribution < -0.4 is 15.5 Å². The molecule has 3 aliphatic rings. The Kier molecular flexibility index (Phi) is 4.62. The van der Waals surface area contributed by atoms with E-state index in [1.807, 2.05) is 30.3 Å². The van der Waals surface area contributed by atoms with Gasteiger partial charge in [0.2, 0.25) is 0 Å². The van der Waals surface area contributed by atoms with E-state index in [2.05, 4.69) is 10.6 Å². The van der Waals surface area contributed by atoms with Gasteiger partial charge in [-0.2, -0.15) is 0 Å². The number of para-hydroxylation sites is 2. The SMILES string of the molecule is O=C1CCCC2=C1[C@H](c1ccco1)N(C(=O)NC1CCCC1)c1ccccc1N2. The third-order valence-corrected chi connectivity index (χ3v) is 6.15. The number of benzene rings is 1. The fourth-order valence-corrected chi connectivity index (χ4v) is 4.79. The molecule has 1 aliphatic heterocycles. The van der Waals surface area contributed by atoms with Gasteiger partial charge in [-0.1, -0.05) is 25.0 Å². The van der Waals surface area contributed by atoms with Crippen molar-refractivity contribution in [3.63, 3.8) is 0 Å². The van der Waals surface area contributed by atoms with E-state index in [0.717, 1.165) is 55.6 Å². The number of allylic oxidation sites excluding steroid dienone is 1. The zero-order valence-electron chi connectivity index (χ0n) is 16.3. The van der Waals surface area contributed by atoms with Crippen molar-refractivity contribution in [2.75, 3.05) is 10.2 Å². The van der Waals surface area contributed by atoms with Crippen LogP contribution >= 0.6 is 0 Å². The Bertz CT molecular complexity index is 958. The number of nitrogens with one attached hydrogen (secondary N) is 2. The molecule has 6 nitrogen and oxygen atoms in total. The molecule has 0 unspecified atom stereocenters. The van der Waals surface area contributed by atoms with Crippen molar-refractivity contribution in [3.05, 3.63) is 59.7 Å². The second-order valence-electron chi connectivity index (χ2n) is 8.03. The summed E-state index contributed by atoms with van der Waals surface area (Å²) in [6, 6.07) is 10.8. The lowest BCUT2D eigenvalue weighted by atomic mass is 9.88. The summed E-state index contributed by atoms with van der Waals surface area (Å²) in [5.41, 5.74) is 3.13. The summed E-state index contributed by atoms with van der Waals surface area (Å²) in [6.45, 7) is 0. The van der Waals surface area contributed by atoms with Gasteiger partial charge in [-0.3, -0.25) is 9.69 Å². The van der Waals surface area contributed by atoms with Crippen molar-refractivity contribution in [2.45, 2.75) is 57.0 Å². The van der Waals surface area contributed by atoms with Gasteiger partial charge in [0.1, 0.15) is 11.8 Å². The largest absolute Gasteiger partial charge is 0.467 e. The number of amides is 2. The van der Waals surface area contributed by atoms with Crippen molar-refractivity contribution >= 4 is 23.2 Å². The Labute approximate surface area is 170 Å². The van der Waals surface area contributed by atoms with Crippen LogP contribution in [0.2, 0.25) is 0 Å². The Balaban J connectivity index is 1.66. The normalized spacial score (nSPS) is 22.0. The molecule has 6 heteroatoms. The second-order valence-corrected chi connectivity index (χ2v) is 8.03. The number of hydrogen-bond acceptors (Lipinski definition) is 4. The quantitative estimate of drug-likeness (QED) is 0.763. The molecule has 29 heavy (non-hydrogen) atoms. The Morgan fingerprint density at radius 1 is 1.07 bits per heavy atom. The molecular formula is C23H25N3O3. The highest BCUT2D eigenvalue weighted by Crippen LogP contribution is 2.44. The maximum atomic E-state index is 13.6. The molecule has 2 N–H and O–H groups in total. The molecular weight excluding hydrogens is 366 g/mol. The predicted molar refractivity (Wildman–Crippen MR) is 111 cm³/mol. The topological polar surface area (TPSA) is 74.6 Å². The van der Waals surface area contributed by atoms with E-state index in [1.165, 1.54) is 0 Å². The predicted octanol–water partition coefficient (Wildman–Crippen LogP) is 4.91. The standard InChI is InChI=1S/C23H25N3O3/c27-19-12-5-10-17-21(19)22(20-13-6-14-29-20)26(18-11-4-3-9-16(18)25-17)23(28)24-15-7-1-2-8-15/h3-4,6,9,11,13-15,22,25H,1-2,5,7-8,10,12H2,(H,24,28)/t22-/m0/s1. The van der Waals surface area contributed by atoms with Crippen molar-refractivity contribution in [2.24, 2.45) is 0 Å². The van der Waals surface area contributed by atoms with E-state index in [1.54, 1.807) is 17.2 Å². The number of ketones is 1. The van der Waals surface area contributed by atoms with Gasteiger partial charge in [0.05, 0.1) is 17.6 Å². The molecule has 0 saturated heterocycles. The summed E-state index contributed by atoms with van der Waals surface area (Å²) in [5, 5.41) is 6.66. The molecule has 1 aromatic carbocycles. The van der Waals surface area contributed by atoms with Crippen molar-refractivity contribution in [1.82, 2.24) is 5.32 Å². The third kappa shape index (κ3) is 3.22. The number of carbonyl (C=O) groups is 2.